The van der Waals surface area contributed by atoms with E-state index < -0.39 is 11.6 Å². The maximum Gasteiger partial charge on any atom is 0.248 e. The summed E-state index contributed by atoms with van der Waals surface area (Å²) in [4.78, 5) is 37.5. The first-order valence-corrected chi connectivity index (χ1v) is 8.54. The lowest BCUT2D eigenvalue weighted by Gasteiger charge is -2.45. The number of rotatable bonds is 3. The second-order valence-electron chi connectivity index (χ2n) is 6.59. The molecule has 2 saturated heterocycles. The van der Waals surface area contributed by atoms with Crippen LogP contribution < -0.4 is 10.6 Å². The van der Waals surface area contributed by atoms with E-state index in [4.69, 9.17) is 12.2 Å². The molecule has 2 N–H and O–H groups in total. The molecule has 0 aromatic heterocycles. The van der Waals surface area contributed by atoms with E-state index in [1.165, 1.54) is 10.0 Å². The fraction of sp³-hybridized carbons (Fsp3) is 0.412. The molecular weight excluding hydrogens is 340 g/mol. The number of carbonyl (C=O) groups excluding carboxylic acids is 3. The summed E-state index contributed by atoms with van der Waals surface area (Å²) < 4.78 is 0. The summed E-state index contributed by atoms with van der Waals surface area (Å²) in [7, 11) is 0. The van der Waals surface area contributed by atoms with Crippen molar-refractivity contribution in [2.75, 3.05) is 5.32 Å². The van der Waals surface area contributed by atoms with Gasteiger partial charge in [0.1, 0.15) is 11.6 Å². The number of hydrogen-bond acceptors (Lipinski definition) is 5. The lowest BCUT2D eigenvalue weighted by atomic mass is 10.00. The largest absolute Gasteiger partial charge is 0.324 e. The van der Waals surface area contributed by atoms with Crippen LogP contribution in [0.4, 0.5) is 5.69 Å². The molecule has 2 fully saturated rings. The average molecular weight is 360 g/mol. The number of amides is 3. The molecule has 3 rings (SSSR count). The van der Waals surface area contributed by atoms with Gasteiger partial charge in [-0.05, 0) is 44.1 Å². The topological polar surface area (TPSA) is 81.8 Å². The van der Waals surface area contributed by atoms with Crippen LogP contribution in [0, 0.1) is 0 Å². The number of nitrogens with zero attached hydrogens (tertiary/aromatic N) is 2. The monoisotopic (exact) mass is 360 g/mol. The minimum absolute atomic E-state index is 0.0126. The number of hydrogen-bond donors (Lipinski definition) is 2. The fourth-order valence-electron chi connectivity index (χ4n) is 3.23. The molecule has 2 heterocycles. The van der Waals surface area contributed by atoms with Gasteiger partial charge in [-0.15, -0.1) is 0 Å². The lowest BCUT2D eigenvalue weighted by molar-refractivity contribution is -0.154. The van der Waals surface area contributed by atoms with Crippen LogP contribution in [0.1, 0.15) is 32.8 Å². The maximum atomic E-state index is 12.9. The summed E-state index contributed by atoms with van der Waals surface area (Å²) in [5.74, 6) is -0.973. The van der Waals surface area contributed by atoms with E-state index in [-0.39, 0.29) is 29.3 Å². The Balaban J connectivity index is 1.91. The highest BCUT2D eigenvalue weighted by atomic mass is 32.1. The Kier molecular flexibility index (Phi) is 4.34. The first kappa shape index (κ1) is 17.5. The van der Waals surface area contributed by atoms with Gasteiger partial charge in [0.25, 0.3) is 0 Å². The number of anilines is 1. The fourth-order valence-corrected chi connectivity index (χ4v) is 3.51. The van der Waals surface area contributed by atoms with Crippen molar-refractivity contribution in [3.05, 3.63) is 29.8 Å². The van der Waals surface area contributed by atoms with E-state index in [0.717, 1.165) is 12.0 Å². The molecule has 2 aliphatic heterocycles. The summed E-state index contributed by atoms with van der Waals surface area (Å²) in [6, 6.07) is 6.72. The van der Waals surface area contributed by atoms with Gasteiger partial charge in [-0.3, -0.25) is 19.7 Å². The third-order valence-corrected chi connectivity index (χ3v) is 4.89. The van der Waals surface area contributed by atoms with Crippen LogP contribution in [-0.2, 0) is 20.8 Å². The average Bonchev–Trinajstić information content (AvgIpc) is 2.92. The second kappa shape index (κ2) is 6.20. The third-order valence-electron chi connectivity index (χ3n) is 4.61. The number of thiocarbonyl (C=S) groups is 1. The molecule has 1 aromatic rings. The van der Waals surface area contributed by atoms with E-state index >= 15 is 0 Å². The predicted octanol–water partition coefficient (Wildman–Crippen LogP) is 1.20. The molecule has 1 atom stereocenters. The Morgan fingerprint density at radius 2 is 2.04 bits per heavy atom. The Morgan fingerprint density at radius 1 is 1.36 bits per heavy atom. The molecule has 0 saturated carbocycles. The molecule has 2 aliphatic rings. The van der Waals surface area contributed by atoms with Crippen LogP contribution in [0.2, 0.25) is 0 Å². The standard InChI is InChI=1S/C17H20N4O3S/c1-4-10-7-5-6-8-11(10)18-14(23)12-9-13(22)20-16(25)19-15(24)17(2,3)21(12)20/h5-8,12H,4,9H2,1-3H3,(H,18,23)(H,19,24,25)/t12-/m0/s1. The van der Waals surface area contributed by atoms with Crippen molar-refractivity contribution in [3.8, 4) is 0 Å². The summed E-state index contributed by atoms with van der Waals surface area (Å²) in [6.07, 6.45) is 0.743. The molecular formula is C17H20N4O3S. The summed E-state index contributed by atoms with van der Waals surface area (Å²) in [6.45, 7) is 5.33. The van der Waals surface area contributed by atoms with Gasteiger partial charge in [0.05, 0.1) is 6.42 Å². The van der Waals surface area contributed by atoms with Crippen molar-refractivity contribution in [3.63, 3.8) is 0 Å². The Morgan fingerprint density at radius 3 is 2.72 bits per heavy atom. The number of hydrazine groups is 1. The van der Waals surface area contributed by atoms with Crippen LogP contribution >= 0.6 is 12.2 Å². The smallest absolute Gasteiger partial charge is 0.248 e. The zero-order valence-electron chi connectivity index (χ0n) is 14.3. The minimum Gasteiger partial charge on any atom is -0.324 e. The number of para-hydroxylation sites is 1. The van der Waals surface area contributed by atoms with Gasteiger partial charge in [-0.1, -0.05) is 25.1 Å². The predicted molar refractivity (Wildman–Crippen MR) is 96.4 cm³/mol. The van der Waals surface area contributed by atoms with Gasteiger partial charge in [0, 0.05) is 5.69 Å². The van der Waals surface area contributed by atoms with Gasteiger partial charge in [0.15, 0.2) is 5.11 Å². The molecule has 1 aromatic carbocycles. The van der Waals surface area contributed by atoms with E-state index in [9.17, 15) is 14.4 Å². The molecule has 25 heavy (non-hydrogen) atoms. The molecule has 0 spiro atoms. The van der Waals surface area contributed by atoms with Crippen LogP contribution in [-0.4, -0.2) is 44.4 Å². The first-order chi connectivity index (χ1) is 11.8. The van der Waals surface area contributed by atoms with Crippen LogP contribution in [0.3, 0.4) is 0 Å². The second-order valence-corrected chi connectivity index (χ2v) is 6.97. The molecule has 7 nitrogen and oxygen atoms in total. The van der Waals surface area contributed by atoms with E-state index in [1.54, 1.807) is 13.8 Å². The number of benzene rings is 1. The quantitative estimate of drug-likeness (QED) is 0.792. The number of fused-ring (bicyclic) bond motifs is 1. The summed E-state index contributed by atoms with van der Waals surface area (Å²) in [5.41, 5.74) is 0.645. The normalized spacial score (nSPS) is 22.6. The summed E-state index contributed by atoms with van der Waals surface area (Å²) >= 11 is 5.11. The van der Waals surface area contributed by atoms with Crippen LogP contribution in [0.15, 0.2) is 24.3 Å². The highest BCUT2D eigenvalue weighted by molar-refractivity contribution is 7.80. The zero-order valence-corrected chi connectivity index (χ0v) is 15.1. The minimum atomic E-state index is -1.07. The lowest BCUT2D eigenvalue weighted by Crippen LogP contribution is -2.71. The number of nitrogens with one attached hydrogen (secondary N) is 2. The van der Waals surface area contributed by atoms with E-state index in [1.807, 2.05) is 31.2 Å². The molecule has 132 valence electrons. The SMILES string of the molecule is CCc1ccccc1NC(=O)[C@@H]1CC(=O)N2C(=S)NC(=O)C(C)(C)N12. The van der Waals surface area contributed by atoms with Crippen molar-refractivity contribution in [2.45, 2.75) is 45.2 Å². The Labute approximate surface area is 151 Å². The van der Waals surface area contributed by atoms with Crippen molar-refractivity contribution in [1.82, 2.24) is 15.3 Å². The van der Waals surface area contributed by atoms with E-state index in [2.05, 4.69) is 10.6 Å². The van der Waals surface area contributed by atoms with Crippen molar-refractivity contribution in [2.24, 2.45) is 0 Å². The number of carbonyl (C=O) groups is 3. The van der Waals surface area contributed by atoms with Crippen LogP contribution in [0.5, 0.6) is 0 Å². The van der Waals surface area contributed by atoms with Crippen LogP contribution in [0.25, 0.3) is 0 Å². The highest BCUT2D eigenvalue weighted by Crippen LogP contribution is 2.33. The van der Waals surface area contributed by atoms with Crippen molar-refractivity contribution in [1.29, 1.82) is 0 Å². The van der Waals surface area contributed by atoms with Crippen molar-refractivity contribution < 1.29 is 14.4 Å². The Hall–Kier alpha value is -2.32. The molecule has 0 radical (unpaired) electrons. The molecule has 0 aliphatic carbocycles. The Bertz CT molecular complexity index is 777. The maximum absolute atomic E-state index is 12.9. The van der Waals surface area contributed by atoms with E-state index in [0.29, 0.717) is 5.69 Å². The van der Waals surface area contributed by atoms with Gasteiger partial charge in [-0.25, -0.2) is 5.01 Å². The van der Waals surface area contributed by atoms with Gasteiger partial charge in [-0.2, -0.15) is 5.01 Å². The first-order valence-electron chi connectivity index (χ1n) is 8.13. The van der Waals surface area contributed by atoms with Gasteiger partial charge < -0.3 is 5.32 Å². The number of aryl methyl sites for hydroxylation is 1. The molecule has 0 unspecified atom stereocenters. The van der Waals surface area contributed by atoms with Gasteiger partial charge in [0.2, 0.25) is 17.7 Å². The molecule has 0 bridgehead atoms. The van der Waals surface area contributed by atoms with Gasteiger partial charge >= 0.3 is 0 Å². The summed E-state index contributed by atoms with van der Waals surface area (Å²) in [5, 5.41) is 8.14. The van der Waals surface area contributed by atoms with Crippen molar-refractivity contribution >= 4 is 40.7 Å². The molecule has 3 amide bonds. The zero-order chi connectivity index (χ0) is 18.4. The third kappa shape index (κ3) is 2.81. The highest BCUT2D eigenvalue weighted by Gasteiger charge is 2.56. The molecule has 8 heteroatoms.